The predicted octanol–water partition coefficient (Wildman–Crippen LogP) is 4.54. The number of rotatable bonds is 6. The van der Waals surface area contributed by atoms with Gasteiger partial charge in [0.2, 0.25) is 0 Å². The van der Waals surface area contributed by atoms with E-state index >= 15 is 0 Å². The number of phenols is 1. The van der Waals surface area contributed by atoms with E-state index in [0.29, 0.717) is 16.9 Å². The SMILES string of the molecule is COc1ccc(C(=CC=O)c2cccc(CC=C(C)C)c2)c(O)c1. The summed E-state index contributed by atoms with van der Waals surface area (Å²) in [5, 5.41) is 10.3. The fourth-order valence-corrected chi connectivity index (χ4v) is 2.46. The van der Waals surface area contributed by atoms with Gasteiger partial charge in [0.05, 0.1) is 7.11 Å². The lowest BCUT2D eigenvalue weighted by Crippen LogP contribution is -1.93. The van der Waals surface area contributed by atoms with E-state index in [9.17, 15) is 9.90 Å². The highest BCUT2D eigenvalue weighted by Crippen LogP contribution is 2.33. The van der Waals surface area contributed by atoms with Gasteiger partial charge in [0.25, 0.3) is 0 Å². The number of phenolic OH excluding ortho intramolecular Hbond substituents is 1. The second kappa shape index (κ2) is 8.16. The van der Waals surface area contributed by atoms with E-state index in [0.717, 1.165) is 23.8 Å². The number of hydrogen-bond acceptors (Lipinski definition) is 3. The van der Waals surface area contributed by atoms with Crippen molar-refractivity contribution in [2.75, 3.05) is 7.11 Å². The summed E-state index contributed by atoms with van der Waals surface area (Å²) >= 11 is 0. The van der Waals surface area contributed by atoms with Gasteiger partial charge in [0.15, 0.2) is 0 Å². The Kier molecular flexibility index (Phi) is 5.96. The summed E-state index contributed by atoms with van der Waals surface area (Å²) < 4.78 is 5.11. The normalized spacial score (nSPS) is 11.0. The van der Waals surface area contributed by atoms with Crippen molar-refractivity contribution in [1.29, 1.82) is 0 Å². The highest BCUT2D eigenvalue weighted by atomic mass is 16.5. The maximum atomic E-state index is 11.1. The highest BCUT2D eigenvalue weighted by molar-refractivity contribution is 5.91. The van der Waals surface area contributed by atoms with Crippen molar-refractivity contribution in [2.45, 2.75) is 20.3 Å². The minimum absolute atomic E-state index is 0.0807. The van der Waals surface area contributed by atoms with Crippen LogP contribution < -0.4 is 4.74 Å². The molecule has 0 unspecified atom stereocenters. The van der Waals surface area contributed by atoms with Gasteiger partial charge in [-0.3, -0.25) is 4.79 Å². The van der Waals surface area contributed by atoms with E-state index < -0.39 is 0 Å². The lowest BCUT2D eigenvalue weighted by atomic mass is 9.94. The van der Waals surface area contributed by atoms with E-state index in [1.807, 2.05) is 18.2 Å². The molecule has 0 fully saturated rings. The molecule has 2 rings (SSSR count). The van der Waals surface area contributed by atoms with Crippen LogP contribution in [0.25, 0.3) is 5.57 Å². The van der Waals surface area contributed by atoms with Crippen LogP contribution in [0.3, 0.4) is 0 Å². The quantitative estimate of drug-likeness (QED) is 0.482. The molecule has 0 aromatic heterocycles. The lowest BCUT2D eigenvalue weighted by Gasteiger charge is -2.12. The van der Waals surface area contributed by atoms with Crippen LogP contribution >= 0.6 is 0 Å². The third-order valence-electron chi connectivity index (χ3n) is 3.71. The maximum Gasteiger partial charge on any atom is 0.143 e. The molecule has 124 valence electrons. The second-order valence-electron chi connectivity index (χ2n) is 5.79. The fourth-order valence-electron chi connectivity index (χ4n) is 2.46. The maximum absolute atomic E-state index is 11.1. The zero-order valence-electron chi connectivity index (χ0n) is 14.2. The number of benzene rings is 2. The number of carbonyl (C=O) groups excluding carboxylic acids is 1. The minimum Gasteiger partial charge on any atom is -0.507 e. The Hall–Kier alpha value is -2.81. The van der Waals surface area contributed by atoms with Crippen molar-refractivity contribution < 1.29 is 14.6 Å². The van der Waals surface area contributed by atoms with Crippen molar-refractivity contribution in [3.8, 4) is 11.5 Å². The topological polar surface area (TPSA) is 46.5 Å². The van der Waals surface area contributed by atoms with Gasteiger partial charge in [-0.15, -0.1) is 0 Å². The summed E-state index contributed by atoms with van der Waals surface area (Å²) in [6, 6.07) is 13.1. The van der Waals surface area contributed by atoms with Crippen LogP contribution in [-0.2, 0) is 11.2 Å². The Morgan fingerprint density at radius 2 is 1.96 bits per heavy atom. The summed E-state index contributed by atoms with van der Waals surface area (Å²) in [5.41, 5.74) is 4.59. The number of methoxy groups -OCH3 is 1. The third-order valence-corrected chi connectivity index (χ3v) is 3.71. The molecule has 0 atom stereocenters. The smallest absolute Gasteiger partial charge is 0.143 e. The van der Waals surface area contributed by atoms with Crippen LogP contribution in [0.15, 0.2) is 60.2 Å². The number of aldehydes is 1. The molecule has 0 aliphatic carbocycles. The summed E-state index contributed by atoms with van der Waals surface area (Å²) in [5.74, 6) is 0.649. The van der Waals surface area contributed by atoms with Gasteiger partial charge in [0, 0.05) is 11.6 Å². The molecule has 0 saturated heterocycles. The lowest BCUT2D eigenvalue weighted by molar-refractivity contribution is -0.104. The van der Waals surface area contributed by atoms with Crippen molar-refractivity contribution in [2.24, 2.45) is 0 Å². The van der Waals surface area contributed by atoms with Gasteiger partial charge < -0.3 is 9.84 Å². The average molecular weight is 322 g/mol. The number of aromatic hydroxyl groups is 1. The second-order valence-corrected chi connectivity index (χ2v) is 5.79. The van der Waals surface area contributed by atoms with Crippen LogP contribution in [-0.4, -0.2) is 18.5 Å². The first-order valence-corrected chi connectivity index (χ1v) is 7.80. The van der Waals surface area contributed by atoms with Gasteiger partial charge in [-0.25, -0.2) is 0 Å². The Morgan fingerprint density at radius 1 is 1.17 bits per heavy atom. The first-order valence-electron chi connectivity index (χ1n) is 7.80. The van der Waals surface area contributed by atoms with E-state index in [1.165, 1.54) is 11.6 Å². The van der Waals surface area contributed by atoms with Gasteiger partial charge in [-0.2, -0.15) is 0 Å². The number of ether oxygens (including phenoxy) is 1. The van der Waals surface area contributed by atoms with Gasteiger partial charge in [-0.1, -0.05) is 35.9 Å². The number of allylic oxidation sites excluding steroid dienone is 3. The molecule has 2 aromatic rings. The molecule has 2 aromatic carbocycles. The average Bonchev–Trinajstić information content (AvgIpc) is 2.58. The van der Waals surface area contributed by atoms with Gasteiger partial charge in [-0.05, 0) is 55.2 Å². The van der Waals surface area contributed by atoms with E-state index in [2.05, 4.69) is 26.0 Å². The molecule has 0 radical (unpaired) electrons. The fraction of sp³-hybridized carbons (Fsp3) is 0.190. The van der Waals surface area contributed by atoms with Gasteiger partial charge in [0.1, 0.15) is 17.8 Å². The Labute approximate surface area is 142 Å². The highest BCUT2D eigenvalue weighted by Gasteiger charge is 2.11. The predicted molar refractivity (Wildman–Crippen MR) is 97.4 cm³/mol. The van der Waals surface area contributed by atoms with Crippen molar-refractivity contribution in [3.63, 3.8) is 0 Å². The van der Waals surface area contributed by atoms with Crippen LogP contribution in [0, 0.1) is 0 Å². The zero-order chi connectivity index (χ0) is 17.5. The molecule has 3 nitrogen and oxygen atoms in total. The molecule has 0 aliphatic heterocycles. The van der Waals surface area contributed by atoms with E-state index in [4.69, 9.17) is 4.74 Å². The molecular formula is C21H22O3. The van der Waals surface area contributed by atoms with Crippen molar-refractivity contribution >= 4 is 11.9 Å². The summed E-state index contributed by atoms with van der Waals surface area (Å²) in [6.45, 7) is 4.13. The van der Waals surface area contributed by atoms with Crippen molar-refractivity contribution in [1.82, 2.24) is 0 Å². The van der Waals surface area contributed by atoms with Crippen LogP contribution in [0.5, 0.6) is 11.5 Å². The molecule has 0 heterocycles. The summed E-state index contributed by atoms with van der Waals surface area (Å²) in [6.07, 6.45) is 5.20. The summed E-state index contributed by atoms with van der Waals surface area (Å²) in [4.78, 5) is 11.1. The molecule has 1 N–H and O–H groups in total. The third kappa shape index (κ3) is 4.35. The first-order chi connectivity index (χ1) is 11.5. The Balaban J connectivity index is 2.45. The minimum atomic E-state index is 0.0807. The van der Waals surface area contributed by atoms with Crippen LogP contribution in [0.1, 0.15) is 30.5 Å². The molecule has 0 saturated carbocycles. The molecular weight excluding hydrogens is 300 g/mol. The van der Waals surface area contributed by atoms with Crippen LogP contribution in [0.4, 0.5) is 0 Å². The molecule has 24 heavy (non-hydrogen) atoms. The van der Waals surface area contributed by atoms with Crippen molar-refractivity contribution in [3.05, 3.63) is 76.9 Å². The molecule has 0 amide bonds. The molecule has 0 bridgehead atoms. The van der Waals surface area contributed by atoms with Gasteiger partial charge >= 0.3 is 0 Å². The Morgan fingerprint density at radius 3 is 2.58 bits per heavy atom. The number of carbonyl (C=O) groups is 1. The molecule has 0 aliphatic rings. The molecule has 0 spiro atoms. The molecule has 3 heteroatoms. The van der Waals surface area contributed by atoms with E-state index in [1.54, 1.807) is 25.3 Å². The van der Waals surface area contributed by atoms with E-state index in [-0.39, 0.29) is 5.75 Å². The number of hydrogen-bond donors (Lipinski definition) is 1. The largest absolute Gasteiger partial charge is 0.507 e. The monoisotopic (exact) mass is 322 g/mol. The summed E-state index contributed by atoms with van der Waals surface area (Å²) in [7, 11) is 1.54. The Bertz CT molecular complexity index is 781. The first kappa shape index (κ1) is 17.5. The zero-order valence-corrected chi connectivity index (χ0v) is 14.2. The van der Waals surface area contributed by atoms with Crippen LogP contribution in [0.2, 0.25) is 0 Å². The standard InChI is InChI=1S/C21H22O3/c1-15(2)7-8-16-5-4-6-17(13-16)19(11-12-22)20-10-9-18(24-3)14-21(20)23/h4-7,9-14,23H,8H2,1-3H3.